The Bertz CT molecular complexity index is 522. The van der Waals surface area contributed by atoms with Crippen LogP contribution in [-0.4, -0.2) is 91.3 Å². The Hall–Kier alpha value is -0.700. The maximum Gasteiger partial charge on any atom is 0.191 e. The lowest BCUT2D eigenvalue weighted by Crippen LogP contribution is -2.55. The number of morpholine rings is 1. The van der Waals surface area contributed by atoms with Gasteiger partial charge in [0.2, 0.25) is 0 Å². The minimum Gasteiger partial charge on any atom is -0.381 e. The standard InChI is InChI=1S/C20H38N4O3S/c1-3-28(25)18-6-4-5-17(13-18)23-20(21-2)22-14-19(16-7-10-27-15-16)24-8-11-26-12-9-24/h16-19H,3-15H2,1-2H3,(H2,21,22,23). The maximum absolute atomic E-state index is 12.2. The molecule has 8 heteroatoms. The second-order valence-corrected chi connectivity index (χ2v) is 10.1. The number of aliphatic imine (C=N–C) groups is 1. The highest BCUT2D eigenvalue weighted by molar-refractivity contribution is 7.85. The molecule has 28 heavy (non-hydrogen) atoms. The summed E-state index contributed by atoms with van der Waals surface area (Å²) in [5.41, 5.74) is 0. The number of hydrogen-bond acceptors (Lipinski definition) is 5. The van der Waals surface area contributed by atoms with Crippen LogP contribution in [0.3, 0.4) is 0 Å². The van der Waals surface area contributed by atoms with E-state index in [0.717, 1.165) is 89.9 Å². The molecule has 0 spiro atoms. The van der Waals surface area contributed by atoms with Crippen molar-refractivity contribution in [1.29, 1.82) is 0 Å². The highest BCUT2D eigenvalue weighted by Crippen LogP contribution is 2.24. The van der Waals surface area contributed by atoms with Gasteiger partial charge >= 0.3 is 0 Å². The lowest BCUT2D eigenvalue weighted by Gasteiger charge is -2.38. The highest BCUT2D eigenvalue weighted by atomic mass is 32.2. The van der Waals surface area contributed by atoms with Gasteiger partial charge in [-0.1, -0.05) is 13.3 Å². The van der Waals surface area contributed by atoms with Crippen molar-refractivity contribution in [3.63, 3.8) is 0 Å². The molecular formula is C20H38N4O3S. The van der Waals surface area contributed by atoms with Crippen molar-refractivity contribution in [2.45, 2.75) is 56.4 Å². The first-order chi connectivity index (χ1) is 13.7. The Balaban J connectivity index is 1.53. The van der Waals surface area contributed by atoms with Crippen molar-refractivity contribution in [1.82, 2.24) is 15.5 Å². The second-order valence-electron chi connectivity index (χ2n) is 8.09. The summed E-state index contributed by atoms with van der Waals surface area (Å²) in [4.78, 5) is 7.01. The summed E-state index contributed by atoms with van der Waals surface area (Å²) in [6, 6.07) is 0.800. The van der Waals surface area contributed by atoms with Crippen LogP contribution in [0.1, 0.15) is 39.0 Å². The lowest BCUT2D eigenvalue weighted by atomic mass is 9.95. The average Bonchev–Trinajstić information content (AvgIpc) is 3.28. The van der Waals surface area contributed by atoms with E-state index in [1.807, 2.05) is 14.0 Å². The van der Waals surface area contributed by atoms with Gasteiger partial charge in [-0.25, -0.2) is 0 Å². The van der Waals surface area contributed by atoms with Crippen LogP contribution in [0, 0.1) is 5.92 Å². The molecule has 0 aromatic carbocycles. The molecule has 5 atom stereocenters. The number of guanidine groups is 1. The second kappa shape index (κ2) is 11.5. The number of nitrogens with zero attached hydrogens (tertiary/aromatic N) is 2. The molecule has 3 rings (SSSR count). The zero-order valence-electron chi connectivity index (χ0n) is 17.5. The first kappa shape index (κ1) is 22.0. The fourth-order valence-corrected chi connectivity index (χ4v) is 6.05. The summed E-state index contributed by atoms with van der Waals surface area (Å²) in [6.07, 6.45) is 5.46. The normalized spacial score (nSPS) is 32.1. The van der Waals surface area contributed by atoms with Crippen LogP contribution >= 0.6 is 0 Å². The van der Waals surface area contributed by atoms with Gasteiger partial charge in [0.05, 0.1) is 19.8 Å². The third-order valence-corrected chi connectivity index (χ3v) is 8.09. The molecule has 0 bridgehead atoms. The molecule has 2 N–H and O–H groups in total. The maximum atomic E-state index is 12.2. The van der Waals surface area contributed by atoms with E-state index in [1.165, 1.54) is 0 Å². The molecule has 3 aliphatic rings. The van der Waals surface area contributed by atoms with Crippen LogP contribution in [0.15, 0.2) is 4.99 Å². The first-order valence-corrected chi connectivity index (χ1v) is 12.3. The zero-order chi connectivity index (χ0) is 19.8. The van der Waals surface area contributed by atoms with Crippen molar-refractivity contribution < 1.29 is 13.7 Å². The Morgan fingerprint density at radius 3 is 2.71 bits per heavy atom. The van der Waals surface area contributed by atoms with Gasteiger partial charge < -0.3 is 20.1 Å². The summed E-state index contributed by atoms with van der Waals surface area (Å²) in [6.45, 7) is 8.21. The van der Waals surface area contributed by atoms with Gasteiger partial charge in [-0.3, -0.25) is 14.1 Å². The molecule has 3 fully saturated rings. The largest absolute Gasteiger partial charge is 0.381 e. The Morgan fingerprint density at radius 2 is 2.04 bits per heavy atom. The van der Waals surface area contributed by atoms with Gasteiger partial charge in [0.1, 0.15) is 0 Å². The van der Waals surface area contributed by atoms with E-state index in [4.69, 9.17) is 9.47 Å². The molecule has 2 heterocycles. The summed E-state index contributed by atoms with van der Waals surface area (Å²) < 4.78 is 23.4. The molecule has 162 valence electrons. The zero-order valence-corrected chi connectivity index (χ0v) is 18.3. The Kier molecular flexibility index (Phi) is 9.02. The van der Waals surface area contributed by atoms with Crippen molar-refractivity contribution in [3.05, 3.63) is 0 Å². The van der Waals surface area contributed by atoms with Gasteiger partial charge in [0, 0.05) is 73.1 Å². The van der Waals surface area contributed by atoms with Crippen LogP contribution in [0.25, 0.3) is 0 Å². The molecule has 1 saturated carbocycles. The number of ether oxygens (including phenoxy) is 2. The topological polar surface area (TPSA) is 75.2 Å². The highest BCUT2D eigenvalue weighted by Gasteiger charge is 2.32. The molecule has 2 saturated heterocycles. The van der Waals surface area contributed by atoms with Gasteiger partial charge in [-0.05, 0) is 25.7 Å². The number of hydrogen-bond donors (Lipinski definition) is 2. The van der Waals surface area contributed by atoms with E-state index < -0.39 is 10.8 Å². The number of rotatable bonds is 7. The minimum absolute atomic E-state index is 0.325. The van der Waals surface area contributed by atoms with Crippen molar-refractivity contribution >= 4 is 16.8 Å². The van der Waals surface area contributed by atoms with Crippen molar-refractivity contribution in [3.8, 4) is 0 Å². The summed E-state index contributed by atoms with van der Waals surface area (Å²) in [5.74, 6) is 2.19. The molecule has 0 radical (unpaired) electrons. The van der Waals surface area contributed by atoms with E-state index in [0.29, 0.717) is 23.3 Å². The van der Waals surface area contributed by atoms with E-state index in [1.54, 1.807) is 0 Å². The predicted molar refractivity (Wildman–Crippen MR) is 114 cm³/mol. The molecule has 5 unspecified atom stereocenters. The lowest BCUT2D eigenvalue weighted by molar-refractivity contribution is 0.00245. The van der Waals surface area contributed by atoms with E-state index >= 15 is 0 Å². The van der Waals surface area contributed by atoms with Gasteiger partial charge in [0.15, 0.2) is 5.96 Å². The third-order valence-electron chi connectivity index (χ3n) is 6.35. The monoisotopic (exact) mass is 414 g/mol. The van der Waals surface area contributed by atoms with Crippen LogP contribution in [0.5, 0.6) is 0 Å². The molecule has 0 aromatic heterocycles. The van der Waals surface area contributed by atoms with Gasteiger partial charge in [-0.15, -0.1) is 0 Å². The SMILES string of the molecule is CCS(=O)C1CCCC(NC(=NC)NCC(C2CCOC2)N2CCOCC2)C1. The van der Waals surface area contributed by atoms with E-state index in [9.17, 15) is 4.21 Å². The summed E-state index contributed by atoms with van der Waals surface area (Å²) in [7, 11) is 1.14. The first-order valence-electron chi connectivity index (χ1n) is 10.9. The quantitative estimate of drug-likeness (QED) is 0.478. The summed E-state index contributed by atoms with van der Waals surface area (Å²) >= 11 is 0. The molecule has 2 aliphatic heterocycles. The van der Waals surface area contributed by atoms with E-state index in [2.05, 4.69) is 20.5 Å². The van der Waals surface area contributed by atoms with Crippen LogP contribution < -0.4 is 10.6 Å². The van der Waals surface area contributed by atoms with Gasteiger partial charge in [0.25, 0.3) is 0 Å². The number of nitrogens with one attached hydrogen (secondary N) is 2. The molecule has 0 amide bonds. The van der Waals surface area contributed by atoms with Crippen LogP contribution in [0.2, 0.25) is 0 Å². The predicted octanol–water partition coefficient (Wildman–Crippen LogP) is 0.969. The third kappa shape index (κ3) is 6.15. The Labute approximate surface area is 172 Å². The van der Waals surface area contributed by atoms with E-state index in [-0.39, 0.29) is 0 Å². The molecule has 1 aliphatic carbocycles. The average molecular weight is 415 g/mol. The fraction of sp³-hybridized carbons (Fsp3) is 0.950. The minimum atomic E-state index is -0.700. The molecule has 0 aromatic rings. The van der Waals surface area contributed by atoms with Gasteiger partial charge in [-0.2, -0.15) is 0 Å². The summed E-state index contributed by atoms with van der Waals surface area (Å²) in [5, 5.41) is 7.49. The van der Waals surface area contributed by atoms with Crippen LogP contribution in [0.4, 0.5) is 0 Å². The smallest absolute Gasteiger partial charge is 0.191 e. The van der Waals surface area contributed by atoms with Crippen molar-refractivity contribution in [2.75, 3.05) is 58.9 Å². The fourth-order valence-electron chi connectivity index (χ4n) is 4.70. The van der Waals surface area contributed by atoms with Crippen molar-refractivity contribution in [2.24, 2.45) is 10.9 Å². The van der Waals surface area contributed by atoms with Crippen LogP contribution in [-0.2, 0) is 20.3 Å². The Morgan fingerprint density at radius 1 is 1.21 bits per heavy atom. The molecular weight excluding hydrogens is 376 g/mol. The molecule has 7 nitrogen and oxygen atoms in total.